The van der Waals surface area contributed by atoms with Crippen LogP contribution in [0.2, 0.25) is 0 Å². The average Bonchev–Trinajstić information content (AvgIpc) is 2.72. The lowest BCUT2D eigenvalue weighted by atomic mass is 9.88. The monoisotopic (exact) mass is 495 g/mol. The topological polar surface area (TPSA) is 113 Å². The van der Waals surface area contributed by atoms with Gasteiger partial charge in [0.1, 0.15) is 11.8 Å². The van der Waals surface area contributed by atoms with E-state index >= 15 is 0 Å². The van der Waals surface area contributed by atoms with Gasteiger partial charge >= 0.3 is 5.97 Å². The molecule has 160 valence electrons. The average molecular weight is 496 g/mol. The van der Waals surface area contributed by atoms with Crippen molar-refractivity contribution in [3.05, 3.63) is 59.1 Å². The van der Waals surface area contributed by atoms with Gasteiger partial charge in [-0.15, -0.1) is 0 Å². The molecule has 0 radical (unpaired) electrons. The van der Waals surface area contributed by atoms with E-state index in [1.807, 2.05) is 24.3 Å². The molecule has 0 fully saturated rings. The van der Waals surface area contributed by atoms with Crippen molar-refractivity contribution < 1.29 is 28.2 Å². The van der Waals surface area contributed by atoms with Gasteiger partial charge in [-0.1, -0.05) is 40.2 Å². The van der Waals surface area contributed by atoms with Crippen LogP contribution in [-0.4, -0.2) is 43.9 Å². The van der Waals surface area contributed by atoms with Crippen LogP contribution in [0.25, 0.3) is 11.1 Å². The highest BCUT2D eigenvalue weighted by molar-refractivity contribution is 9.11. The van der Waals surface area contributed by atoms with E-state index in [0.717, 1.165) is 16.9 Å². The Hall–Kier alpha value is -2.20. The van der Waals surface area contributed by atoms with Crippen molar-refractivity contribution in [1.29, 1.82) is 0 Å². The van der Waals surface area contributed by atoms with E-state index in [1.54, 1.807) is 19.2 Å². The molecule has 0 heterocycles. The highest BCUT2D eigenvalue weighted by Gasteiger charge is 2.36. The van der Waals surface area contributed by atoms with Crippen LogP contribution in [0.1, 0.15) is 12.8 Å². The first-order chi connectivity index (χ1) is 14.2. The molecule has 3 atom stereocenters. The number of carboxylic acid groups (broad SMARTS) is 1. The Balaban J connectivity index is 1.81. The molecule has 30 heavy (non-hydrogen) atoms. The Morgan fingerprint density at radius 2 is 1.67 bits per heavy atom. The zero-order valence-corrected chi connectivity index (χ0v) is 18.6. The molecule has 3 N–H and O–H groups in total. The number of aliphatic hydroxyl groups is 1. The number of methoxy groups -OCH3 is 1. The lowest BCUT2D eigenvalue weighted by molar-refractivity contribution is -0.140. The van der Waals surface area contributed by atoms with Crippen molar-refractivity contribution in [2.24, 2.45) is 5.92 Å². The molecule has 2 aromatic carbocycles. The van der Waals surface area contributed by atoms with Crippen LogP contribution in [0.3, 0.4) is 0 Å². The summed E-state index contributed by atoms with van der Waals surface area (Å²) in [5.74, 6) is -1.16. The van der Waals surface area contributed by atoms with E-state index in [1.165, 1.54) is 18.2 Å². The number of hydrogen-bond acceptors (Lipinski definition) is 5. The number of halogens is 1. The summed E-state index contributed by atoms with van der Waals surface area (Å²) in [5, 5.41) is 19.3. The summed E-state index contributed by atoms with van der Waals surface area (Å²) in [5.41, 5.74) is 1.71. The lowest BCUT2D eigenvalue weighted by Crippen LogP contribution is -2.47. The van der Waals surface area contributed by atoms with Gasteiger partial charge in [-0.05, 0) is 58.8 Å². The second-order valence-electron chi connectivity index (χ2n) is 6.99. The minimum Gasteiger partial charge on any atom is -0.497 e. The molecule has 0 unspecified atom stereocenters. The number of sulfonamides is 1. The van der Waals surface area contributed by atoms with Crippen LogP contribution in [0.15, 0.2) is 64.0 Å². The Kier molecular flexibility index (Phi) is 6.97. The Labute approximate surface area is 183 Å². The summed E-state index contributed by atoms with van der Waals surface area (Å²) >= 11 is 3.27. The molecule has 3 rings (SSSR count). The molecular weight excluding hydrogens is 474 g/mol. The van der Waals surface area contributed by atoms with E-state index in [0.29, 0.717) is 17.3 Å². The molecule has 0 saturated carbocycles. The van der Waals surface area contributed by atoms with Crippen molar-refractivity contribution >= 4 is 31.9 Å². The molecule has 0 amide bonds. The van der Waals surface area contributed by atoms with Gasteiger partial charge in [0.05, 0.1) is 18.1 Å². The summed E-state index contributed by atoms with van der Waals surface area (Å²) in [6.45, 7) is 0. The maximum atomic E-state index is 12.8. The number of aliphatic hydroxyl groups excluding tert-OH is 1. The summed E-state index contributed by atoms with van der Waals surface area (Å²) in [6.07, 6.45) is 1.53. The number of carboxylic acids is 1. The molecular formula is C21H22BrNO6S. The van der Waals surface area contributed by atoms with E-state index in [-0.39, 0.29) is 4.90 Å². The Bertz CT molecular complexity index is 1030. The van der Waals surface area contributed by atoms with Crippen molar-refractivity contribution in [2.45, 2.75) is 29.9 Å². The zero-order valence-electron chi connectivity index (χ0n) is 16.2. The molecule has 0 spiro atoms. The highest BCUT2D eigenvalue weighted by atomic mass is 79.9. The fourth-order valence-electron chi connectivity index (χ4n) is 3.35. The SMILES string of the molecule is COc1ccc(-c2ccc(S(=O)(=O)N[C@@H](C(=O)O)[C@@H]3CC[C@H](O)C=C3Br)cc2)cc1. The first-order valence-electron chi connectivity index (χ1n) is 9.26. The number of carbonyl (C=O) groups is 1. The van der Waals surface area contributed by atoms with Crippen molar-refractivity contribution in [1.82, 2.24) is 4.72 Å². The minimum atomic E-state index is -4.06. The summed E-state index contributed by atoms with van der Waals surface area (Å²) in [4.78, 5) is 11.8. The standard InChI is InChI=1S/C21H22BrNO6S/c1-29-16-7-2-13(3-8-16)14-4-9-17(10-5-14)30(27,28)23-20(21(25)26)18-11-6-15(24)12-19(18)22/h2-5,7-10,12,15,18,20,23-24H,6,11H2,1H3,(H,25,26)/t15-,18+,20+/m0/s1. The van der Waals surface area contributed by atoms with Crippen LogP contribution in [0.4, 0.5) is 0 Å². The third-order valence-corrected chi connectivity index (χ3v) is 7.33. The normalized spacial score (nSPS) is 20.3. The predicted molar refractivity (Wildman–Crippen MR) is 116 cm³/mol. The molecule has 1 aliphatic rings. The second kappa shape index (κ2) is 9.30. The van der Waals surface area contributed by atoms with Gasteiger partial charge in [-0.2, -0.15) is 4.72 Å². The van der Waals surface area contributed by atoms with E-state index < -0.39 is 34.1 Å². The van der Waals surface area contributed by atoms with E-state index in [2.05, 4.69) is 20.7 Å². The lowest BCUT2D eigenvalue weighted by Gasteiger charge is -2.28. The van der Waals surface area contributed by atoms with Crippen molar-refractivity contribution in [3.63, 3.8) is 0 Å². The first kappa shape index (κ1) is 22.5. The molecule has 9 heteroatoms. The van der Waals surface area contributed by atoms with Gasteiger partial charge in [0.15, 0.2) is 0 Å². The van der Waals surface area contributed by atoms with Gasteiger partial charge in [0.2, 0.25) is 10.0 Å². The van der Waals surface area contributed by atoms with Gasteiger partial charge in [0, 0.05) is 5.92 Å². The second-order valence-corrected chi connectivity index (χ2v) is 9.62. The number of aliphatic carboxylic acids is 1. The fourth-order valence-corrected chi connectivity index (χ4v) is 5.38. The third-order valence-electron chi connectivity index (χ3n) is 5.02. The van der Waals surface area contributed by atoms with Crippen LogP contribution >= 0.6 is 15.9 Å². The molecule has 0 bridgehead atoms. The van der Waals surface area contributed by atoms with E-state index in [4.69, 9.17) is 4.74 Å². The summed E-state index contributed by atoms with van der Waals surface area (Å²) in [7, 11) is -2.48. The highest BCUT2D eigenvalue weighted by Crippen LogP contribution is 2.33. The number of benzene rings is 2. The van der Waals surface area contributed by atoms with Crippen LogP contribution in [0.5, 0.6) is 5.75 Å². The van der Waals surface area contributed by atoms with Crippen LogP contribution in [-0.2, 0) is 14.8 Å². The van der Waals surface area contributed by atoms with Gasteiger partial charge in [0.25, 0.3) is 0 Å². The molecule has 7 nitrogen and oxygen atoms in total. The Morgan fingerprint density at radius 1 is 1.10 bits per heavy atom. The van der Waals surface area contributed by atoms with E-state index in [9.17, 15) is 23.4 Å². The molecule has 0 saturated heterocycles. The number of hydrogen-bond donors (Lipinski definition) is 3. The van der Waals surface area contributed by atoms with Gasteiger partial charge in [-0.3, -0.25) is 4.79 Å². The molecule has 2 aromatic rings. The third kappa shape index (κ3) is 5.10. The summed E-state index contributed by atoms with van der Waals surface area (Å²) in [6, 6.07) is 12.2. The smallest absolute Gasteiger partial charge is 0.322 e. The van der Waals surface area contributed by atoms with Gasteiger partial charge < -0.3 is 14.9 Å². The summed E-state index contributed by atoms with van der Waals surface area (Å²) < 4.78 is 33.5. The quantitative estimate of drug-likeness (QED) is 0.543. The van der Waals surface area contributed by atoms with Crippen molar-refractivity contribution in [3.8, 4) is 16.9 Å². The number of rotatable bonds is 7. The number of ether oxygens (including phenoxy) is 1. The zero-order chi connectivity index (χ0) is 21.9. The number of nitrogens with one attached hydrogen (secondary N) is 1. The first-order valence-corrected chi connectivity index (χ1v) is 11.5. The maximum Gasteiger partial charge on any atom is 0.322 e. The Morgan fingerprint density at radius 3 is 2.17 bits per heavy atom. The largest absolute Gasteiger partial charge is 0.497 e. The predicted octanol–water partition coefficient (Wildman–Crippen LogP) is 3.14. The molecule has 0 aromatic heterocycles. The van der Waals surface area contributed by atoms with Crippen LogP contribution < -0.4 is 9.46 Å². The molecule has 0 aliphatic heterocycles. The fraction of sp³-hybridized carbons (Fsp3) is 0.286. The van der Waals surface area contributed by atoms with Gasteiger partial charge in [-0.25, -0.2) is 8.42 Å². The van der Waals surface area contributed by atoms with Crippen LogP contribution in [0, 0.1) is 5.92 Å². The molecule has 1 aliphatic carbocycles. The van der Waals surface area contributed by atoms with Crippen molar-refractivity contribution in [2.75, 3.05) is 7.11 Å². The minimum absolute atomic E-state index is 0.0260. The maximum absolute atomic E-state index is 12.8.